The maximum atomic E-state index is 13.3. The predicted molar refractivity (Wildman–Crippen MR) is 129 cm³/mol. The Labute approximate surface area is 194 Å². The van der Waals surface area contributed by atoms with Gasteiger partial charge in [-0.15, -0.1) is 0 Å². The summed E-state index contributed by atoms with van der Waals surface area (Å²) >= 11 is 1.30. The van der Waals surface area contributed by atoms with Gasteiger partial charge in [0.05, 0.1) is 28.9 Å². The van der Waals surface area contributed by atoms with Gasteiger partial charge in [0.1, 0.15) is 11.5 Å². The monoisotopic (exact) mass is 456 g/mol. The zero-order valence-electron chi connectivity index (χ0n) is 18.0. The average molecular weight is 457 g/mol. The second kappa shape index (κ2) is 8.18. The summed E-state index contributed by atoms with van der Waals surface area (Å²) in [6, 6.07) is 21.0. The predicted octanol–water partition coefficient (Wildman–Crippen LogP) is 5.24. The number of carbonyl (C=O) groups is 2. The van der Waals surface area contributed by atoms with Crippen LogP contribution in [0.15, 0.2) is 78.4 Å². The van der Waals surface area contributed by atoms with Gasteiger partial charge in [0.2, 0.25) is 0 Å². The summed E-state index contributed by atoms with van der Waals surface area (Å²) in [5.74, 6) is -0.978. The first-order chi connectivity index (χ1) is 16.0. The maximum absolute atomic E-state index is 13.3. The number of hydrogen-bond acceptors (Lipinski definition) is 6. The Morgan fingerprint density at radius 2 is 1.76 bits per heavy atom. The van der Waals surface area contributed by atoms with Crippen molar-refractivity contribution < 1.29 is 19.4 Å². The van der Waals surface area contributed by atoms with Crippen molar-refractivity contribution in [2.45, 2.75) is 13.0 Å². The SMILES string of the molecule is COc1ccc2nc(N3C(=O)C(=O)C(=C(O)c4ccc(C)cc4)[C@H]3c3ccccc3)sc2c1. The summed E-state index contributed by atoms with van der Waals surface area (Å²) < 4.78 is 6.13. The standard InChI is InChI=1S/C26H20N2O4S/c1-15-8-10-17(11-9-15)23(29)21-22(16-6-4-3-5-7-16)28(25(31)24(21)30)26-27-19-13-12-18(32-2)14-20(19)33-26/h3-14,22,29H,1-2H3/t22-/m1/s1. The smallest absolute Gasteiger partial charge is 0.301 e. The van der Waals surface area contributed by atoms with Crippen molar-refractivity contribution in [3.8, 4) is 5.75 Å². The first kappa shape index (κ1) is 20.9. The summed E-state index contributed by atoms with van der Waals surface area (Å²) in [5.41, 5.74) is 2.96. The molecule has 1 aliphatic heterocycles. The molecule has 1 aliphatic rings. The molecule has 1 N–H and O–H groups in total. The molecule has 164 valence electrons. The van der Waals surface area contributed by atoms with E-state index in [1.54, 1.807) is 25.3 Å². The van der Waals surface area contributed by atoms with Crippen LogP contribution in [-0.4, -0.2) is 28.9 Å². The highest BCUT2D eigenvalue weighted by Gasteiger charge is 2.48. The Kier molecular flexibility index (Phi) is 5.18. The quantitative estimate of drug-likeness (QED) is 0.258. The van der Waals surface area contributed by atoms with Gasteiger partial charge in [-0.05, 0) is 30.7 Å². The number of aromatic nitrogens is 1. The van der Waals surface area contributed by atoms with Crippen LogP contribution >= 0.6 is 11.3 Å². The molecule has 0 aliphatic carbocycles. The fourth-order valence-electron chi connectivity index (χ4n) is 3.97. The van der Waals surface area contributed by atoms with Gasteiger partial charge in [-0.1, -0.05) is 71.5 Å². The van der Waals surface area contributed by atoms with Crippen LogP contribution < -0.4 is 9.64 Å². The number of aryl methyl sites for hydroxylation is 1. The lowest BCUT2D eigenvalue weighted by molar-refractivity contribution is -0.132. The summed E-state index contributed by atoms with van der Waals surface area (Å²) in [5, 5.41) is 11.5. The largest absolute Gasteiger partial charge is 0.507 e. The molecule has 0 radical (unpaired) electrons. The van der Waals surface area contributed by atoms with Gasteiger partial charge in [0.25, 0.3) is 5.78 Å². The third-order valence-corrected chi connectivity index (χ3v) is 6.69. The lowest BCUT2D eigenvalue weighted by Gasteiger charge is -2.22. The van der Waals surface area contributed by atoms with Crippen LogP contribution in [0.4, 0.5) is 5.13 Å². The zero-order chi connectivity index (χ0) is 23.1. The van der Waals surface area contributed by atoms with E-state index in [9.17, 15) is 14.7 Å². The number of ether oxygens (including phenoxy) is 1. The number of fused-ring (bicyclic) bond motifs is 1. The van der Waals surface area contributed by atoms with Crippen molar-refractivity contribution in [1.82, 2.24) is 4.98 Å². The lowest BCUT2D eigenvalue weighted by Crippen LogP contribution is -2.29. The van der Waals surface area contributed by atoms with Gasteiger partial charge in [0, 0.05) is 5.56 Å². The molecule has 6 nitrogen and oxygen atoms in total. The number of anilines is 1. The van der Waals surface area contributed by atoms with E-state index in [0.29, 0.717) is 27.5 Å². The highest BCUT2D eigenvalue weighted by Crippen LogP contribution is 2.44. The van der Waals surface area contributed by atoms with Crippen LogP contribution in [0.25, 0.3) is 16.0 Å². The number of Topliss-reactive ketones (excluding diaryl/α,β-unsaturated/α-hetero) is 1. The number of methoxy groups -OCH3 is 1. The second-order valence-electron chi connectivity index (χ2n) is 7.78. The summed E-state index contributed by atoms with van der Waals surface area (Å²) in [6.07, 6.45) is 0. The van der Waals surface area contributed by atoms with Crippen LogP contribution in [0.5, 0.6) is 5.75 Å². The molecule has 3 aromatic carbocycles. The number of nitrogens with zero attached hydrogens (tertiary/aromatic N) is 2. The number of amides is 1. The highest BCUT2D eigenvalue weighted by molar-refractivity contribution is 7.22. The summed E-state index contributed by atoms with van der Waals surface area (Å²) in [7, 11) is 1.59. The van der Waals surface area contributed by atoms with E-state index >= 15 is 0 Å². The molecule has 0 bridgehead atoms. The molecule has 0 spiro atoms. The van der Waals surface area contributed by atoms with Crippen molar-refractivity contribution in [3.63, 3.8) is 0 Å². The average Bonchev–Trinajstić information content (AvgIpc) is 3.37. The summed E-state index contributed by atoms with van der Waals surface area (Å²) in [4.78, 5) is 32.5. The molecule has 0 saturated carbocycles. The van der Waals surface area contributed by atoms with Gasteiger partial charge in [-0.25, -0.2) is 4.98 Å². The first-order valence-electron chi connectivity index (χ1n) is 10.4. The van der Waals surface area contributed by atoms with Crippen molar-refractivity contribution in [2.75, 3.05) is 12.0 Å². The molecule has 1 atom stereocenters. The Hall–Kier alpha value is -3.97. The molecule has 7 heteroatoms. The minimum Gasteiger partial charge on any atom is -0.507 e. The minimum absolute atomic E-state index is 0.0480. The fraction of sp³-hybridized carbons (Fsp3) is 0.115. The van der Waals surface area contributed by atoms with E-state index in [1.807, 2.05) is 61.5 Å². The van der Waals surface area contributed by atoms with Crippen LogP contribution in [-0.2, 0) is 9.59 Å². The number of aliphatic hydroxyl groups excluding tert-OH is 1. The number of ketones is 1. The van der Waals surface area contributed by atoms with E-state index < -0.39 is 17.7 Å². The Bertz CT molecular complexity index is 1410. The normalized spacial score (nSPS) is 17.6. The second-order valence-corrected chi connectivity index (χ2v) is 8.79. The molecular weight excluding hydrogens is 436 g/mol. The van der Waals surface area contributed by atoms with Crippen LogP contribution in [0, 0.1) is 6.92 Å². The first-order valence-corrected chi connectivity index (χ1v) is 11.2. The van der Waals surface area contributed by atoms with E-state index in [4.69, 9.17) is 4.74 Å². The third-order valence-electron chi connectivity index (χ3n) is 5.68. The fourth-order valence-corrected chi connectivity index (χ4v) is 4.99. The highest BCUT2D eigenvalue weighted by atomic mass is 32.1. The van der Waals surface area contributed by atoms with Gasteiger partial charge >= 0.3 is 5.91 Å². The van der Waals surface area contributed by atoms with Crippen LogP contribution in [0.3, 0.4) is 0 Å². The zero-order valence-corrected chi connectivity index (χ0v) is 18.8. The molecule has 4 aromatic rings. The molecule has 1 amide bonds. The molecular formula is C26H20N2O4S. The molecule has 5 rings (SSSR count). The molecule has 1 saturated heterocycles. The van der Waals surface area contributed by atoms with Crippen molar-refractivity contribution in [2.24, 2.45) is 0 Å². The Morgan fingerprint density at radius 3 is 2.45 bits per heavy atom. The Morgan fingerprint density at radius 1 is 1.03 bits per heavy atom. The van der Waals surface area contributed by atoms with E-state index in [-0.39, 0.29) is 11.3 Å². The van der Waals surface area contributed by atoms with Gasteiger partial charge in [0.15, 0.2) is 5.13 Å². The van der Waals surface area contributed by atoms with Gasteiger partial charge < -0.3 is 9.84 Å². The minimum atomic E-state index is -0.796. The van der Waals surface area contributed by atoms with E-state index in [2.05, 4.69) is 4.98 Å². The van der Waals surface area contributed by atoms with Crippen molar-refractivity contribution in [1.29, 1.82) is 0 Å². The topological polar surface area (TPSA) is 79.7 Å². The van der Waals surface area contributed by atoms with E-state index in [1.165, 1.54) is 16.2 Å². The lowest BCUT2D eigenvalue weighted by atomic mass is 9.95. The third kappa shape index (κ3) is 3.56. The number of rotatable bonds is 4. The molecule has 1 fully saturated rings. The maximum Gasteiger partial charge on any atom is 0.301 e. The number of carbonyl (C=O) groups excluding carboxylic acids is 2. The molecule has 0 unspecified atom stereocenters. The summed E-state index contributed by atoms with van der Waals surface area (Å²) in [6.45, 7) is 1.94. The molecule has 2 heterocycles. The van der Waals surface area contributed by atoms with Crippen LogP contribution in [0.2, 0.25) is 0 Å². The van der Waals surface area contributed by atoms with Crippen molar-refractivity contribution >= 4 is 44.1 Å². The van der Waals surface area contributed by atoms with Crippen LogP contribution in [0.1, 0.15) is 22.7 Å². The Balaban J connectivity index is 1.71. The number of aliphatic hydroxyl groups is 1. The number of benzene rings is 3. The van der Waals surface area contributed by atoms with Gasteiger partial charge in [-0.2, -0.15) is 0 Å². The number of thiazole rings is 1. The van der Waals surface area contributed by atoms with Gasteiger partial charge in [-0.3, -0.25) is 14.5 Å². The van der Waals surface area contributed by atoms with E-state index in [0.717, 1.165) is 10.3 Å². The molecule has 33 heavy (non-hydrogen) atoms. The van der Waals surface area contributed by atoms with Crippen molar-refractivity contribution in [3.05, 3.63) is 95.1 Å². The number of hydrogen-bond donors (Lipinski definition) is 1. The molecule has 1 aromatic heterocycles.